The van der Waals surface area contributed by atoms with Gasteiger partial charge in [0.1, 0.15) is 11.6 Å². The summed E-state index contributed by atoms with van der Waals surface area (Å²) in [6, 6.07) is 12.3. The lowest BCUT2D eigenvalue weighted by Gasteiger charge is -2.49. The van der Waals surface area contributed by atoms with Gasteiger partial charge in [0.15, 0.2) is 6.73 Å². The predicted octanol–water partition coefficient (Wildman–Crippen LogP) is 6.09. The number of halogens is 3. The van der Waals surface area contributed by atoms with Crippen LogP contribution in [0.2, 0.25) is 10.0 Å². The fourth-order valence-corrected chi connectivity index (χ4v) is 9.00. The molecule has 48 heavy (non-hydrogen) atoms. The molecule has 0 N–H and O–H groups in total. The molecular weight excluding hydrogens is 658 g/mol. The number of hydrogen-bond donors (Lipinski definition) is 0. The van der Waals surface area contributed by atoms with E-state index >= 15 is 4.39 Å². The van der Waals surface area contributed by atoms with Crippen LogP contribution in [0.15, 0.2) is 42.5 Å². The van der Waals surface area contributed by atoms with Crippen molar-refractivity contribution in [3.05, 3.63) is 75.0 Å². The average molecular weight is 696 g/mol. The number of rotatable bonds is 5. The second-order valence-electron chi connectivity index (χ2n) is 13.9. The third-order valence-electron chi connectivity index (χ3n) is 10.7. The highest BCUT2D eigenvalue weighted by atomic mass is 35.5. The van der Waals surface area contributed by atoms with Crippen LogP contribution in [0.3, 0.4) is 0 Å². The Balaban J connectivity index is 1.06. The number of para-hydroxylation sites is 1. The Labute approximate surface area is 289 Å². The fraction of sp³-hybridized carbons (Fsp3) is 0.444. The van der Waals surface area contributed by atoms with E-state index < -0.39 is 11.8 Å². The minimum atomic E-state index is -0.595. The van der Waals surface area contributed by atoms with Crippen LogP contribution in [0.1, 0.15) is 45.5 Å². The minimum Gasteiger partial charge on any atom is -0.472 e. The molecule has 2 unspecified atom stereocenters. The van der Waals surface area contributed by atoms with Gasteiger partial charge in [0.2, 0.25) is 0 Å². The Kier molecular flexibility index (Phi) is 7.98. The first kappa shape index (κ1) is 31.7. The third kappa shape index (κ3) is 5.28. The number of anilines is 2. The molecule has 0 radical (unpaired) electrons. The van der Waals surface area contributed by atoms with Crippen molar-refractivity contribution in [1.29, 1.82) is 0 Å². The van der Waals surface area contributed by atoms with E-state index in [1.54, 1.807) is 17.0 Å². The second-order valence-corrected chi connectivity index (χ2v) is 14.7. The van der Waals surface area contributed by atoms with Gasteiger partial charge in [-0.1, -0.05) is 41.4 Å². The van der Waals surface area contributed by atoms with E-state index in [1.807, 2.05) is 24.3 Å². The summed E-state index contributed by atoms with van der Waals surface area (Å²) in [4.78, 5) is 35.0. The Morgan fingerprint density at radius 1 is 1.00 bits per heavy atom. The molecule has 9 nitrogen and oxygen atoms in total. The van der Waals surface area contributed by atoms with Gasteiger partial charge >= 0.3 is 5.97 Å². The number of nitrogens with zero attached hydrogens (tertiary/aromatic N) is 4. The largest absolute Gasteiger partial charge is 0.472 e. The van der Waals surface area contributed by atoms with Crippen LogP contribution < -0.4 is 14.5 Å². The number of ether oxygens (including phenoxy) is 3. The predicted molar refractivity (Wildman–Crippen MR) is 182 cm³/mol. The number of benzene rings is 3. The standard InChI is InChI=1S/C36H37Cl2FN4O5/c1-40-9-8-36(17-40)18-42(19-36)24-10-28(37)32(29(38)11-24)34(44)41-14-21-4-3-5-25(33(21)48-20-41)26-13-31(27(12-30(26)39)35(45)46-2)43-22-6-7-23(43)16-47-15-22/h3-5,10-13,22-23H,6-9,14-20H2,1-2H3. The van der Waals surface area contributed by atoms with Crippen molar-refractivity contribution in [1.82, 2.24) is 9.80 Å². The first-order valence-corrected chi connectivity index (χ1v) is 17.1. The number of carbonyl (C=O) groups is 2. The van der Waals surface area contributed by atoms with Crippen molar-refractivity contribution in [2.45, 2.75) is 37.9 Å². The Morgan fingerprint density at radius 2 is 1.73 bits per heavy atom. The highest BCUT2D eigenvalue weighted by Crippen LogP contribution is 2.45. The maximum Gasteiger partial charge on any atom is 0.340 e. The number of hydrogen-bond acceptors (Lipinski definition) is 8. The van der Waals surface area contributed by atoms with Crippen LogP contribution in [-0.2, 0) is 16.0 Å². The molecule has 4 fully saturated rings. The lowest BCUT2D eigenvalue weighted by molar-refractivity contribution is 0.0515. The van der Waals surface area contributed by atoms with Crippen molar-refractivity contribution < 1.29 is 28.2 Å². The van der Waals surface area contributed by atoms with E-state index in [2.05, 4.69) is 21.7 Å². The fourth-order valence-electron chi connectivity index (χ4n) is 8.36. The quantitative estimate of drug-likeness (QED) is 0.297. The van der Waals surface area contributed by atoms with Gasteiger partial charge in [0.05, 0.1) is 65.8 Å². The molecule has 1 amide bonds. The van der Waals surface area contributed by atoms with Crippen LogP contribution >= 0.6 is 23.2 Å². The van der Waals surface area contributed by atoms with E-state index in [0.29, 0.717) is 56.8 Å². The molecule has 2 bridgehead atoms. The minimum absolute atomic E-state index is 0.0677. The van der Waals surface area contributed by atoms with Crippen LogP contribution in [0.4, 0.5) is 15.8 Å². The van der Waals surface area contributed by atoms with Gasteiger partial charge in [0.25, 0.3) is 5.91 Å². The van der Waals surface area contributed by atoms with Gasteiger partial charge in [-0.25, -0.2) is 9.18 Å². The zero-order valence-corrected chi connectivity index (χ0v) is 28.5. The number of methoxy groups -OCH3 is 1. The summed E-state index contributed by atoms with van der Waals surface area (Å²) in [6.45, 7) is 5.33. The zero-order chi connectivity index (χ0) is 33.3. The second kappa shape index (κ2) is 12.1. The number of likely N-dealkylation sites (tertiary alicyclic amines) is 1. The molecular formula is C36H37Cl2FN4O5. The molecule has 5 aliphatic rings. The van der Waals surface area contributed by atoms with Crippen LogP contribution in [-0.4, -0.2) is 94.0 Å². The zero-order valence-electron chi connectivity index (χ0n) is 26.9. The SMILES string of the molecule is COC(=O)c1cc(F)c(-c2cccc3c2OCN(C(=O)c2c(Cl)cc(N4CC5(CCN(C)C5)C4)cc2Cl)C3)cc1N1C2CCC1COC2. The van der Waals surface area contributed by atoms with Gasteiger partial charge < -0.3 is 33.8 Å². The molecule has 2 atom stereocenters. The first-order chi connectivity index (χ1) is 23.1. The van der Waals surface area contributed by atoms with Gasteiger partial charge in [-0.05, 0) is 57.1 Å². The smallest absolute Gasteiger partial charge is 0.340 e. The van der Waals surface area contributed by atoms with Gasteiger partial charge in [0, 0.05) is 47.4 Å². The maximum atomic E-state index is 15.9. The van der Waals surface area contributed by atoms with Gasteiger partial charge in [-0.2, -0.15) is 0 Å². The molecule has 252 valence electrons. The van der Waals surface area contributed by atoms with Crippen LogP contribution in [0.25, 0.3) is 11.1 Å². The molecule has 8 rings (SSSR count). The molecule has 0 aromatic heterocycles. The highest BCUT2D eigenvalue weighted by Gasteiger charge is 2.47. The monoisotopic (exact) mass is 694 g/mol. The van der Waals surface area contributed by atoms with E-state index in [4.69, 9.17) is 37.4 Å². The van der Waals surface area contributed by atoms with Gasteiger partial charge in [-0.15, -0.1) is 0 Å². The van der Waals surface area contributed by atoms with Crippen molar-refractivity contribution in [2.75, 3.05) is 70.1 Å². The van der Waals surface area contributed by atoms with Crippen molar-refractivity contribution in [3.8, 4) is 16.9 Å². The molecule has 3 aromatic carbocycles. The number of fused-ring (bicyclic) bond motifs is 3. The molecule has 1 spiro atoms. The highest BCUT2D eigenvalue weighted by molar-refractivity contribution is 6.40. The van der Waals surface area contributed by atoms with Crippen LogP contribution in [0, 0.1) is 11.2 Å². The summed E-state index contributed by atoms with van der Waals surface area (Å²) in [5.41, 5.74) is 3.82. The molecule has 3 aromatic rings. The Bertz CT molecular complexity index is 1780. The van der Waals surface area contributed by atoms with Gasteiger partial charge in [-0.3, -0.25) is 4.79 Å². The molecule has 5 aliphatic heterocycles. The number of esters is 1. The topological polar surface area (TPSA) is 74.8 Å². The molecule has 5 heterocycles. The third-order valence-corrected chi connectivity index (χ3v) is 11.3. The van der Waals surface area contributed by atoms with E-state index in [0.717, 1.165) is 44.7 Å². The van der Waals surface area contributed by atoms with Crippen LogP contribution in [0.5, 0.6) is 5.75 Å². The molecule has 0 saturated carbocycles. The van der Waals surface area contributed by atoms with Crippen molar-refractivity contribution in [2.24, 2.45) is 5.41 Å². The number of morpholine rings is 1. The maximum absolute atomic E-state index is 15.9. The molecule has 0 aliphatic carbocycles. The van der Waals surface area contributed by atoms with E-state index in [9.17, 15) is 9.59 Å². The average Bonchev–Trinajstić information content (AvgIpc) is 3.57. The Hall–Kier alpha value is -3.57. The summed E-state index contributed by atoms with van der Waals surface area (Å²) in [6.07, 6.45) is 3.04. The first-order valence-electron chi connectivity index (χ1n) is 16.4. The summed E-state index contributed by atoms with van der Waals surface area (Å²) in [5, 5.41) is 0.591. The number of carbonyl (C=O) groups excluding carboxylic acids is 2. The van der Waals surface area contributed by atoms with Crippen molar-refractivity contribution >= 4 is 46.5 Å². The Morgan fingerprint density at radius 3 is 2.40 bits per heavy atom. The summed E-state index contributed by atoms with van der Waals surface area (Å²) in [5.74, 6) is -1.02. The van der Waals surface area contributed by atoms with E-state index in [1.165, 1.54) is 19.6 Å². The lowest BCUT2D eigenvalue weighted by Crippen LogP contribution is -2.57. The van der Waals surface area contributed by atoms with E-state index in [-0.39, 0.29) is 42.4 Å². The summed E-state index contributed by atoms with van der Waals surface area (Å²) in [7, 11) is 3.45. The summed E-state index contributed by atoms with van der Waals surface area (Å²) >= 11 is 13.5. The summed E-state index contributed by atoms with van der Waals surface area (Å²) < 4.78 is 32.9. The number of amides is 1. The van der Waals surface area contributed by atoms with Crippen molar-refractivity contribution in [3.63, 3.8) is 0 Å². The normalized spacial score (nSPS) is 22.8. The molecule has 4 saturated heterocycles. The molecule has 12 heteroatoms. The lowest BCUT2D eigenvalue weighted by atomic mass is 9.78.